The molecule has 1 aromatic heterocycles. The second-order valence-corrected chi connectivity index (χ2v) is 2.76. The second kappa shape index (κ2) is 4.01. The lowest BCUT2D eigenvalue weighted by molar-refractivity contribution is 0.253. The van der Waals surface area contributed by atoms with Gasteiger partial charge in [0.1, 0.15) is 17.6 Å². The van der Waals surface area contributed by atoms with Crippen molar-refractivity contribution in [1.82, 2.24) is 4.98 Å². The summed E-state index contributed by atoms with van der Waals surface area (Å²) in [6.07, 6.45) is 0.422. The topological polar surface area (TPSA) is 33.1 Å². The first kappa shape index (κ1) is 9.69. The fourth-order valence-corrected chi connectivity index (χ4v) is 0.844. The number of aliphatic hydroxyl groups excluding tert-OH is 1. The van der Waals surface area contributed by atoms with Crippen molar-refractivity contribution in [1.29, 1.82) is 0 Å². The molecule has 0 spiro atoms. The molecule has 0 radical (unpaired) electrons. The summed E-state index contributed by atoms with van der Waals surface area (Å²) in [5, 5.41) is 8.88. The molecular formula is C10H10FNO. The molecule has 0 saturated carbocycles. The third-order valence-electron chi connectivity index (χ3n) is 1.44. The second-order valence-electron chi connectivity index (χ2n) is 2.76. The molecule has 1 N–H and O–H groups in total. The minimum absolute atomic E-state index is 0.375. The Kier molecular flexibility index (Phi) is 2.99. The van der Waals surface area contributed by atoms with Gasteiger partial charge in [-0.15, -0.1) is 0 Å². The van der Waals surface area contributed by atoms with E-state index in [4.69, 9.17) is 5.11 Å². The van der Waals surface area contributed by atoms with Crippen LogP contribution in [-0.4, -0.2) is 16.2 Å². The van der Waals surface area contributed by atoms with Crippen LogP contribution in [0.3, 0.4) is 0 Å². The molecule has 0 aliphatic carbocycles. The highest BCUT2D eigenvalue weighted by Gasteiger charge is 1.97. The van der Waals surface area contributed by atoms with E-state index >= 15 is 0 Å². The minimum Gasteiger partial charge on any atom is -0.381 e. The third-order valence-corrected chi connectivity index (χ3v) is 1.44. The van der Waals surface area contributed by atoms with Crippen LogP contribution in [0, 0.1) is 24.6 Å². The summed E-state index contributed by atoms with van der Waals surface area (Å²) in [6, 6.07) is 1.36. The lowest BCUT2D eigenvalue weighted by Gasteiger charge is -1.96. The standard InChI is InChI=1S/C10H10FNO/c1-7-5-9(11)6-12-10(7)4-3-8(2)13/h5-6,8,13H,1-2H3/t8-/m1/s1. The van der Waals surface area contributed by atoms with E-state index in [2.05, 4.69) is 16.8 Å². The summed E-state index contributed by atoms with van der Waals surface area (Å²) >= 11 is 0. The summed E-state index contributed by atoms with van der Waals surface area (Å²) in [7, 11) is 0. The van der Waals surface area contributed by atoms with Gasteiger partial charge >= 0.3 is 0 Å². The molecule has 0 bridgehead atoms. The molecule has 0 aromatic carbocycles. The zero-order valence-electron chi connectivity index (χ0n) is 7.50. The number of nitrogens with zero attached hydrogens (tertiary/aromatic N) is 1. The molecule has 68 valence electrons. The van der Waals surface area contributed by atoms with Crippen molar-refractivity contribution < 1.29 is 9.50 Å². The van der Waals surface area contributed by atoms with Gasteiger partial charge in [0, 0.05) is 0 Å². The third kappa shape index (κ3) is 2.85. The Morgan fingerprint density at radius 1 is 1.62 bits per heavy atom. The highest BCUT2D eigenvalue weighted by molar-refractivity contribution is 5.35. The van der Waals surface area contributed by atoms with E-state index in [9.17, 15) is 4.39 Å². The predicted molar refractivity (Wildman–Crippen MR) is 47.5 cm³/mol. The van der Waals surface area contributed by atoms with Gasteiger partial charge in [-0.1, -0.05) is 5.92 Å². The van der Waals surface area contributed by atoms with Crippen LogP contribution in [0.25, 0.3) is 0 Å². The molecular weight excluding hydrogens is 169 g/mol. The average Bonchev–Trinajstić information content (AvgIpc) is 2.02. The van der Waals surface area contributed by atoms with Crippen LogP contribution in [0.2, 0.25) is 0 Å². The fraction of sp³-hybridized carbons (Fsp3) is 0.300. The number of hydrogen-bond acceptors (Lipinski definition) is 2. The van der Waals surface area contributed by atoms with Crippen molar-refractivity contribution in [2.24, 2.45) is 0 Å². The Morgan fingerprint density at radius 2 is 2.31 bits per heavy atom. The largest absolute Gasteiger partial charge is 0.381 e. The number of pyridine rings is 1. The quantitative estimate of drug-likeness (QED) is 0.608. The molecule has 1 heterocycles. The van der Waals surface area contributed by atoms with Gasteiger partial charge in [-0.3, -0.25) is 0 Å². The van der Waals surface area contributed by atoms with Crippen molar-refractivity contribution in [3.05, 3.63) is 29.3 Å². The predicted octanol–water partition coefficient (Wildman–Crippen LogP) is 1.26. The molecule has 0 amide bonds. The first-order valence-electron chi connectivity index (χ1n) is 3.91. The Bertz CT molecular complexity index is 363. The van der Waals surface area contributed by atoms with Crippen LogP contribution in [0.15, 0.2) is 12.3 Å². The molecule has 3 heteroatoms. The molecule has 1 atom stereocenters. The fourth-order valence-electron chi connectivity index (χ4n) is 0.844. The van der Waals surface area contributed by atoms with Crippen molar-refractivity contribution in [2.45, 2.75) is 20.0 Å². The summed E-state index contributed by atoms with van der Waals surface area (Å²) in [5.74, 6) is 4.83. The van der Waals surface area contributed by atoms with Crippen molar-refractivity contribution in [3.8, 4) is 11.8 Å². The zero-order valence-corrected chi connectivity index (χ0v) is 7.50. The van der Waals surface area contributed by atoms with Crippen LogP contribution in [0.5, 0.6) is 0 Å². The van der Waals surface area contributed by atoms with E-state index in [1.807, 2.05) is 0 Å². The Labute approximate surface area is 76.4 Å². The molecule has 1 aromatic rings. The Balaban J connectivity index is 2.98. The van der Waals surface area contributed by atoms with Gasteiger partial charge in [-0.05, 0) is 31.4 Å². The lowest BCUT2D eigenvalue weighted by atomic mass is 10.2. The van der Waals surface area contributed by atoms with Crippen LogP contribution in [-0.2, 0) is 0 Å². The van der Waals surface area contributed by atoms with Gasteiger partial charge in [0.05, 0.1) is 6.20 Å². The van der Waals surface area contributed by atoms with Gasteiger partial charge < -0.3 is 5.11 Å². The highest BCUT2D eigenvalue weighted by Crippen LogP contribution is 2.04. The number of hydrogen-bond donors (Lipinski definition) is 1. The number of aryl methyl sites for hydroxylation is 1. The summed E-state index contributed by atoms with van der Waals surface area (Å²) < 4.78 is 12.6. The van der Waals surface area contributed by atoms with E-state index < -0.39 is 6.10 Å². The molecule has 2 nitrogen and oxygen atoms in total. The molecule has 0 unspecified atom stereocenters. The van der Waals surface area contributed by atoms with Gasteiger partial charge in [0.25, 0.3) is 0 Å². The smallest absolute Gasteiger partial charge is 0.141 e. The van der Waals surface area contributed by atoms with Gasteiger partial charge in [0.2, 0.25) is 0 Å². The van der Waals surface area contributed by atoms with Crippen LogP contribution in [0.1, 0.15) is 18.2 Å². The van der Waals surface area contributed by atoms with E-state index in [-0.39, 0.29) is 5.82 Å². The number of halogens is 1. The lowest BCUT2D eigenvalue weighted by Crippen LogP contribution is -1.95. The van der Waals surface area contributed by atoms with E-state index in [0.717, 1.165) is 6.20 Å². The number of rotatable bonds is 0. The SMILES string of the molecule is Cc1cc(F)cnc1C#C[C@@H](C)O. The Hall–Kier alpha value is -1.40. The number of aliphatic hydroxyl groups is 1. The molecule has 13 heavy (non-hydrogen) atoms. The van der Waals surface area contributed by atoms with Crippen LogP contribution in [0.4, 0.5) is 4.39 Å². The van der Waals surface area contributed by atoms with E-state index in [0.29, 0.717) is 11.3 Å². The summed E-state index contributed by atoms with van der Waals surface area (Å²) in [4.78, 5) is 3.79. The molecule has 0 aliphatic heterocycles. The van der Waals surface area contributed by atoms with Crippen LogP contribution >= 0.6 is 0 Å². The maximum Gasteiger partial charge on any atom is 0.141 e. The monoisotopic (exact) mass is 179 g/mol. The maximum absolute atomic E-state index is 12.6. The van der Waals surface area contributed by atoms with Crippen molar-refractivity contribution in [3.63, 3.8) is 0 Å². The van der Waals surface area contributed by atoms with Crippen molar-refractivity contribution >= 4 is 0 Å². The maximum atomic E-state index is 12.6. The van der Waals surface area contributed by atoms with Crippen molar-refractivity contribution in [2.75, 3.05) is 0 Å². The summed E-state index contributed by atoms with van der Waals surface area (Å²) in [6.45, 7) is 3.29. The molecule has 0 aliphatic rings. The van der Waals surface area contributed by atoms with E-state index in [1.54, 1.807) is 13.8 Å². The van der Waals surface area contributed by atoms with Gasteiger partial charge in [-0.2, -0.15) is 0 Å². The first-order chi connectivity index (χ1) is 6.09. The molecule has 1 rings (SSSR count). The van der Waals surface area contributed by atoms with E-state index in [1.165, 1.54) is 6.07 Å². The summed E-state index contributed by atoms with van der Waals surface area (Å²) in [5.41, 5.74) is 1.18. The molecule has 0 fully saturated rings. The zero-order chi connectivity index (χ0) is 9.84. The minimum atomic E-state index is -0.689. The Morgan fingerprint density at radius 3 is 2.85 bits per heavy atom. The van der Waals surface area contributed by atoms with Gasteiger partial charge in [0.15, 0.2) is 0 Å². The first-order valence-corrected chi connectivity index (χ1v) is 3.91. The normalized spacial score (nSPS) is 11.7. The highest BCUT2D eigenvalue weighted by atomic mass is 19.1. The van der Waals surface area contributed by atoms with Crippen LogP contribution < -0.4 is 0 Å². The van der Waals surface area contributed by atoms with Gasteiger partial charge in [-0.25, -0.2) is 9.37 Å². The molecule has 0 saturated heterocycles. The average molecular weight is 179 g/mol. The number of aromatic nitrogens is 1.